The van der Waals surface area contributed by atoms with Gasteiger partial charge in [-0.25, -0.2) is 4.39 Å². The summed E-state index contributed by atoms with van der Waals surface area (Å²) in [6.45, 7) is 10.0. The number of methoxy groups -OCH3 is 1. The number of halogens is 1. The number of nitrogens with one attached hydrogen (secondary N) is 1. The fourth-order valence-electron chi connectivity index (χ4n) is 4.44. The molecule has 0 spiro atoms. The SMILES string of the molecule is CCOC(=O)Cc1ccc(C)cc1OCc1cc(-c2ccnc(CN[SH+](=O)C(C)(C)C)c2F)c2oc(COC)cc2c1. The smallest absolute Gasteiger partial charge is 0.310 e. The minimum absolute atomic E-state index is 0.0156. The van der Waals surface area contributed by atoms with E-state index in [-0.39, 0.29) is 37.8 Å². The molecule has 0 saturated heterocycles. The number of ether oxygens (including phenoxy) is 3. The summed E-state index contributed by atoms with van der Waals surface area (Å²) in [6.07, 6.45) is 1.62. The molecular formula is C32H38FN2O6S+. The Bertz CT molecular complexity index is 1590. The molecule has 0 fully saturated rings. The number of fused-ring (bicyclic) bond motifs is 1. The number of hydrogen-bond donors (Lipinski definition) is 1. The molecule has 0 aliphatic rings. The third kappa shape index (κ3) is 7.61. The minimum Gasteiger partial charge on any atom is -0.489 e. The Hall–Kier alpha value is -3.60. The van der Waals surface area contributed by atoms with Gasteiger partial charge in [-0.15, -0.1) is 4.72 Å². The Morgan fingerprint density at radius 2 is 1.88 bits per heavy atom. The van der Waals surface area contributed by atoms with Gasteiger partial charge in [0.1, 0.15) is 46.0 Å². The van der Waals surface area contributed by atoms with Crippen molar-refractivity contribution in [2.24, 2.45) is 0 Å². The van der Waals surface area contributed by atoms with Crippen molar-refractivity contribution in [3.8, 4) is 16.9 Å². The molecule has 4 rings (SSSR count). The largest absolute Gasteiger partial charge is 0.489 e. The van der Waals surface area contributed by atoms with Gasteiger partial charge in [0.05, 0.1) is 25.3 Å². The summed E-state index contributed by atoms with van der Waals surface area (Å²) in [6, 6.07) is 12.9. The Labute approximate surface area is 248 Å². The zero-order valence-corrected chi connectivity index (χ0v) is 25.8. The van der Waals surface area contributed by atoms with Crippen LogP contribution in [0.4, 0.5) is 4.39 Å². The summed E-state index contributed by atoms with van der Waals surface area (Å²) in [5.41, 5.74) is 3.98. The van der Waals surface area contributed by atoms with Gasteiger partial charge in [0.25, 0.3) is 0 Å². The predicted octanol–water partition coefficient (Wildman–Crippen LogP) is 6.27. The first kappa shape index (κ1) is 31.3. The maximum absolute atomic E-state index is 15.9. The van der Waals surface area contributed by atoms with Crippen molar-refractivity contribution >= 4 is 27.9 Å². The first-order valence-corrected chi connectivity index (χ1v) is 15.0. The van der Waals surface area contributed by atoms with Crippen LogP contribution < -0.4 is 9.46 Å². The number of pyridine rings is 1. The van der Waals surface area contributed by atoms with E-state index in [4.69, 9.17) is 18.6 Å². The van der Waals surface area contributed by atoms with Crippen LogP contribution in [0.3, 0.4) is 0 Å². The topological polar surface area (TPSA) is 99.9 Å². The van der Waals surface area contributed by atoms with Crippen molar-refractivity contribution in [3.05, 3.63) is 82.6 Å². The maximum atomic E-state index is 15.9. The summed E-state index contributed by atoms with van der Waals surface area (Å²) < 4.78 is 53.6. The molecule has 0 radical (unpaired) electrons. The molecule has 224 valence electrons. The lowest BCUT2D eigenvalue weighted by atomic mass is 10.00. The number of carbonyl (C=O) groups excluding carboxylic acids is 1. The minimum atomic E-state index is -1.78. The van der Waals surface area contributed by atoms with Gasteiger partial charge in [0, 0.05) is 35.4 Å². The van der Waals surface area contributed by atoms with Crippen molar-refractivity contribution in [2.45, 2.75) is 65.5 Å². The molecule has 0 bridgehead atoms. The monoisotopic (exact) mass is 597 g/mol. The van der Waals surface area contributed by atoms with Crippen molar-refractivity contribution in [3.63, 3.8) is 0 Å². The van der Waals surface area contributed by atoms with Gasteiger partial charge >= 0.3 is 5.97 Å². The van der Waals surface area contributed by atoms with Crippen molar-refractivity contribution in [1.29, 1.82) is 0 Å². The van der Waals surface area contributed by atoms with Crippen LogP contribution in [-0.2, 0) is 55.6 Å². The summed E-state index contributed by atoms with van der Waals surface area (Å²) >= 11 is 0. The van der Waals surface area contributed by atoms with E-state index in [2.05, 4.69) is 9.71 Å². The van der Waals surface area contributed by atoms with Gasteiger partial charge in [0.15, 0.2) is 5.82 Å². The van der Waals surface area contributed by atoms with E-state index in [1.807, 2.05) is 64.1 Å². The third-order valence-electron chi connectivity index (χ3n) is 6.52. The van der Waals surface area contributed by atoms with E-state index in [1.165, 1.54) is 6.20 Å². The number of furan rings is 1. The van der Waals surface area contributed by atoms with E-state index in [0.29, 0.717) is 34.8 Å². The molecule has 0 saturated carbocycles. The van der Waals surface area contributed by atoms with Gasteiger partial charge in [-0.05, 0) is 76.1 Å². The number of aromatic nitrogens is 1. The Balaban J connectivity index is 1.70. The van der Waals surface area contributed by atoms with Gasteiger partial charge in [0.2, 0.25) is 0 Å². The zero-order chi connectivity index (χ0) is 30.4. The second-order valence-electron chi connectivity index (χ2n) is 11.0. The average molecular weight is 598 g/mol. The quantitative estimate of drug-likeness (QED) is 0.117. The van der Waals surface area contributed by atoms with Gasteiger partial charge < -0.3 is 18.6 Å². The summed E-state index contributed by atoms with van der Waals surface area (Å²) in [4.78, 5) is 16.4. The lowest BCUT2D eigenvalue weighted by Crippen LogP contribution is -2.32. The highest BCUT2D eigenvalue weighted by Crippen LogP contribution is 2.35. The number of aryl methyl sites for hydroxylation is 1. The average Bonchev–Trinajstić information content (AvgIpc) is 3.34. The molecule has 4 aromatic rings. The van der Waals surface area contributed by atoms with E-state index in [9.17, 15) is 9.00 Å². The highest BCUT2D eigenvalue weighted by atomic mass is 32.2. The highest BCUT2D eigenvalue weighted by molar-refractivity contribution is 7.84. The maximum Gasteiger partial charge on any atom is 0.310 e. The molecule has 0 amide bonds. The van der Waals surface area contributed by atoms with Crippen molar-refractivity contribution in [2.75, 3.05) is 13.7 Å². The Morgan fingerprint density at radius 3 is 2.60 bits per heavy atom. The number of carbonyl (C=O) groups is 1. The van der Waals surface area contributed by atoms with Gasteiger partial charge in [-0.2, -0.15) is 0 Å². The highest BCUT2D eigenvalue weighted by Gasteiger charge is 2.26. The van der Waals surface area contributed by atoms with E-state index in [1.54, 1.807) is 20.1 Å². The first-order chi connectivity index (χ1) is 20.0. The van der Waals surface area contributed by atoms with Crippen molar-refractivity contribution < 1.29 is 32.0 Å². The molecule has 0 aliphatic carbocycles. The van der Waals surface area contributed by atoms with Crippen LogP contribution >= 0.6 is 0 Å². The van der Waals surface area contributed by atoms with Crippen LogP contribution in [0.25, 0.3) is 22.1 Å². The first-order valence-electron chi connectivity index (χ1n) is 13.8. The second-order valence-corrected chi connectivity index (χ2v) is 13.3. The Morgan fingerprint density at radius 1 is 1.10 bits per heavy atom. The fourth-order valence-corrected chi connectivity index (χ4v) is 5.21. The van der Waals surface area contributed by atoms with E-state index >= 15 is 4.39 Å². The Kier molecular flexibility index (Phi) is 10.1. The fraction of sp³-hybridized carbons (Fsp3) is 0.375. The van der Waals surface area contributed by atoms with Crippen LogP contribution in [0.2, 0.25) is 0 Å². The van der Waals surface area contributed by atoms with Gasteiger partial charge in [-0.1, -0.05) is 16.3 Å². The third-order valence-corrected chi connectivity index (χ3v) is 8.19. The molecule has 1 N–H and O–H groups in total. The summed E-state index contributed by atoms with van der Waals surface area (Å²) in [5, 5.41) is 0.765. The molecule has 2 aromatic heterocycles. The molecule has 1 atom stereocenters. The number of benzene rings is 2. The van der Waals surface area contributed by atoms with Gasteiger partial charge in [-0.3, -0.25) is 9.78 Å². The summed E-state index contributed by atoms with van der Waals surface area (Å²) in [7, 11) is -0.204. The lowest BCUT2D eigenvalue weighted by molar-refractivity contribution is -0.142. The molecular weight excluding hydrogens is 559 g/mol. The molecule has 2 aromatic carbocycles. The normalized spacial score (nSPS) is 12.5. The second kappa shape index (κ2) is 13.6. The molecule has 2 heterocycles. The number of thiol groups is 1. The molecule has 8 nitrogen and oxygen atoms in total. The van der Waals surface area contributed by atoms with E-state index < -0.39 is 21.5 Å². The predicted molar refractivity (Wildman–Crippen MR) is 162 cm³/mol. The molecule has 10 heteroatoms. The number of rotatable bonds is 12. The standard InChI is InChI=1S/C32H37FN2O6S/c1-7-39-29(36)16-22-9-8-20(2)12-28(22)40-18-21-13-23-15-24(19-38-6)41-31(23)26(14-21)25-10-11-34-27(30(25)33)17-35-42(37)32(3,4)5/h8-15H,7,16-19H2,1-6H3,(H,35,37)/p+1. The van der Waals surface area contributed by atoms with Crippen LogP contribution in [0.5, 0.6) is 5.75 Å². The number of esters is 1. The molecule has 1 unspecified atom stereocenters. The zero-order valence-electron chi connectivity index (χ0n) is 24.9. The molecule has 42 heavy (non-hydrogen) atoms. The van der Waals surface area contributed by atoms with Crippen LogP contribution in [0.15, 0.2) is 53.1 Å². The lowest BCUT2D eigenvalue weighted by Gasteiger charge is -2.14. The van der Waals surface area contributed by atoms with Crippen molar-refractivity contribution in [1.82, 2.24) is 9.71 Å². The number of hydrogen-bond acceptors (Lipinski definition) is 7. The van der Waals surface area contributed by atoms with Crippen LogP contribution in [0.1, 0.15) is 55.8 Å². The summed E-state index contributed by atoms with van der Waals surface area (Å²) in [5.74, 6) is 0.320. The van der Waals surface area contributed by atoms with Crippen LogP contribution in [-0.4, -0.2) is 29.4 Å². The molecule has 0 aliphatic heterocycles. The number of nitrogens with zero attached hydrogens (tertiary/aromatic N) is 1. The van der Waals surface area contributed by atoms with Crippen LogP contribution in [0, 0.1) is 12.7 Å². The van der Waals surface area contributed by atoms with E-state index in [0.717, 1.165) is 22.1 Å².